The van der Waals surface area contributed by atoms with E-state index in [1.54, 1.807) is 12.1 Å². The summed E-state index contributed by atoms with van der Waals surface area (Å²) >= 11 is 6.00. The molecule has 0 aliphatic heterocycles. The standard InChI is InChI=1S/C13H13ClFN3/c1-8-9(2)18-13(12(14)17-8)16-7-10-3-5-11(15)6-4-10/h3-6H,7H2,1-2H3,(H,16,18). The van der Waals surface area contributed by atoms with Crippen LogP contribution in [0.15, 0.2) is 24.3 Å². The van der Waals surface area contributed by atoms with Crippen LogP contribution < -0.4 is 5.32 Å². The van der Waals surface area contributed by atoms with Crippen LogP contribution in [0, 0.1) is 19.7 Å². The van der Waals surface area contributed by atoms with Gasteiger partial charge in [0.1, 0.15) is 5.82 Å². The fourth-order valence-corrected chi connectivity index (χ4v) is 1.71. The Balaban J connectivity index is 2.10. The second-order valence-electron chi connectivity index (χ2n) is 4.01. The van der Waals surface area contributed by atoms with E-state index in [0.717, 1.165) is 17.0 Å². The molecule has 0 aliphatic carbocycles. The number of nitrogens with one attached hydrogen (secondary N) is 1. The van der Waals surface area contributed by atoms with E-state index in [2.05, 4.69) is 15.3 Å². The Hall–Kier alpha value is -1.68. The van der Waals surface area contributed by atoms with Crippen LogP contribution >= 0.6 is 11.6 Å². The number of halogens is 2. The predicted octanol–water partition coefficient (Wildman–Crippen LogP) is 3.50. The summed E-state index contributed by atoms with van der Waals surface area (Å²) < 4.78 is 12.7. The fraction of sp³-hybridized carbons (Fsp3) is 0.231. The van der Waals surface area contributed by atoms with E-state index in [9.17, 15) is 4.39 Å². The molecule has 0 atom stereocenters. The first-order valence-electron chi connectivity index (χ1n) is 5.55. The molecule has 3 nitrogen and oxygen atoms in total. The Labute approximate surface area is 110 Å². The second-order valence-corrected chi connectivity index (χ2v) is 4.37. The predicted molar refractivity (Wildman–Crippen MR) is 70.2 cm³/mol. The minimum atomic E-state index is -0.247. The lowest BCUT2D eigenvalue weighted by Gasteiger charge is -2.09. The first kappa shape index (κ1) is 12.8. The summed E-state index contributed by atoms with van der Waals surface area (Å²) in [6.07, 6.45) is 0. The minimum Gasteiger partial charge on any atom is -0.363 e. The molecule has 0 spiro atoms. The monoisotopic (exact) mass is 265 g/mol. The van der Waals surface area contributed by atoms with E-state index < -0.39 is 0 Å². The molecule has 0 aliphatic rings. The third kappa shape index (κ3) is 2.96. The molecule has 0 unspecified atom stereocenters. The van der Waals surface area contributed by atoms with E-state index in [1.807, 2.05) is 13.8 Å². The number of nitrogens with zero attached hydrogens (tertiary/aromatic N) is 2. The highest BCUT2D eigenvalue weighted by atomic mass is 35.5. The lowest BCUT2D eigenvalue weighted by molar-refractivity contribution is 0.627. The molecule has 2 aromatic rings. The Morgan fingerprint density at radius 1 is 1.11 bits per heavy atom. The molecule has 1 aromatic heterocycles. The maximum absolute atomic E-state index is 12.7. The average molecular weight is 266 g/mol. The highest BCUT2D eigenvalue weighted by molar-refractivity contribution is 6.31. The van der Waals surface area contributed by atoms with Gasteiger partial charge in [0.2, 0.25) is 0 Å². The van der Waals surface area contributed by atoms with Crippen molar-refractivity contribution in [2.24, 2.45) is 0 Å². The first-order chi connectivity index (χ1) is 8.56. The number of aryl methyl sites for hydroxylation is 2. The molecule has 2 rings (SSSR count). The van der Waals surface area contributed by atoms with Crippen LogP contribution in [0.1, 0.15) is 17.0 Å². The second kappa shape index (κ2) is 5.31. The van der Waals surface area contributed by atoms with E-state index in [-0.39, 0.29) is 5.82 Å². The molecule has 1 heterocycles. The van der Waals surface area contributed by atoms with Crippen molar-refractivity contribution in [1.82, 2.24) is 9.97 Å². The van der Waals surface area contributed by atoms with Gasteiger partial charge in [-0.25, -0.2) is 14.4 Å². The van der Waals surface area contributed by atoms with Crippen LogP contribution in [-0.4, -0.2) is 9.97 Å². The SMILES string of the molecule is Cc1nc(Cl)c(NCc2ccc(F)cc2)nc1C. The smallest absolute Gasteiger partial charge is 0.171 e. The molecule has 18 heavy (non-hydrogen) atoms. The van der Waals surface area contributed by atoms with Gasteiger partial charge in [0.25, 0.3) is 0 Å². The molecular weight excluding hydrogens is 253 g/mol. The highest BCUT2D eigenvalue weighted by Gasteiger charge is 2.06. The van der Waals surface area contributed by atoms with Gasteiger partial charge in [-0.1, -0.05) is 23.7 Å². The van der Waals surface area contributed by atoms with Crippen molar-refractivity contribution in [2.45, 2.75) is 20.4 Å². The van der Waals surface area contributed by atoms with Crippen molar-refractivity contribution in [3.05, 3.63) is 52.2 Å². The van der Waals surface area contributed by atoms with Crippen LogP contribution in [0.25, 0.3) is 0 Å². The average Bonchev–Trinajstić information content (AvgIpc) is 2.34. The summed E-state index contributed by atoms with van der Waals surface area (Å²) in [5.41, 5.74) is 2.60. The van der Waals surface area contributed by atoms with Crippen molar-refractivity contribution < 1.29 is 4.39 Å². The normalized spacial score (nSPS) is 10.4. The minimum absolute atomic E-state index is 0.247. The summed E-state index contributed by atoms with van der Waals surface area (Å²) in [7, 11) is 0. The summed E-state index contributed by atoms with van der Waals surface area (Å²) in [4.78, 5) is 8.51. The summed E-state index contributed by atoms with van der Waals surface area (Å²) in [6.45, 7) is 4.26. The van der Waals surface area contributed by atoms with Crippen LogP contribution in [0.5, 0.6) is 0 Å². The summed E-state index contributed by atoms with van der Waals surface area (Å²) in [5.74, 6) is 0.298. The third-order valence-electron chi connectivity index (χ3n) is 2.64. The molecule has 5 heteroatoms. The number of rotatable bonds is 3. The van der Waals surface area contributed by atoms with Crippen molar-refractivity contribution in [3.63, 3.8) is 0 Å². The molecule has 1 aromatic carbocycles. The Morgan fingerprint density at radius 3 is 2.39 bits per heavy atom. The molecular formula is C13H13ClFN3. The van der Waals surface area contributed by atoms with Gasteiger partial charge in [-0.15, -0.1) is 0 Å². The lowest BCUT2D eigenvalue weighted by atomic mass is 10.2. The van der Waals surface area contributed by atoms with E-state index in [0.29, 0.717) is 17.5 Å². The number of hydrogen-bond donors (Lipinski definition) is 1. The van der Waals surface area contributed by atoms with Crippen molar-refractivity contribution in [2.75, 3.05) is 5.32 Å². The molecule has 94 valence electrons. The van der Waals surface area contributed by atoms with Crippen LogP contribution in [-0.2, 0) is 6.54 Å². The van der Waals surface area contributed by atoms with E-state index >= 15 is 0 Å². The van der Waals surface area contributed by atoms with Gasteiger partial charge in [-0.2, -0.15) is 0 Å². The van der Waals surface area contributed by atoms with Crippen molar-refractivity contribution in [1.29, 1.82) is 0 Å². The van der Waals surface area contributed by atoms with Crippen LogP contribution in [0.4, 0.5) is 10.2 Å². The van der Waals surface area contributed by atoms with Crippen molar-refractivity contribution in [3.8, 4) is 0 Å². The number of anilines is 1. The molecule has 1 N–H and O–H groups in total. The van der Waals surface area contributed by atoms with Gasteiger partial charge in [0, 0.05) is 6.54 Å². The van der Waals surface area contributed by atoms with Gasteiger partial charge in [-0.05, 0) is 31.5 Å². The van der Waals surface area contributed by atoms with Gasteiger partial charge >= 0.3 is 0 Å². The Morgan fingerprint density at radius 2 is 1.72 bits per heavy atom. The molecule has 0 saturated carbocycles. The summed E-state index contributed by atoms with van der Waals surface area (Å²) in [5, 5.41) is 3.44. The lowest BCUT2D eigenvalue weighted by Crippen LogP contribution is -2.05. The maximum atomic E-state index is 12.7. The Bertz CT molecular complexity index is 555. The van der Waals surface area contributed by atoms with Crippen molar-refractivity contribution >= 4 is 17.4 Å². The number of hydrogen-bond acceptors (Lipinski definition) is 3. The molecule has 0 radical (unpaired) electrons. The van der Waals surface area contributed by atoms with Gasteiger partial charge in [0.15, 0.2) is 11.0 Å². The third-order valence-corrected chi connectivity index (χ3v) is 2.90. The van der Waals surface area contributed by atoms with Crippen LogP contribution in [0.3, 0.4) is 0 Å². The zero-order chi connectivity index (χ0) is 13.1. The highest BCUT2D eigenvalue weighted by Crippen LogP contribution is 2.19. The van der Waals surface area contributed by atoms with E-state index in [1.165, 1.54) is 12.1 Å². The quantitative estimate of drug-likeness (QED) is 0.923. The fourth-order valence-electron chi connectivity index (χ4n) is 1.48. The molecule has 0 saturated heterocycles. The van der Waals surface area contributed by atoms with Gasteiger partial charge in [0.05, 0.1) is 11.4 Å². The van der Waals surface area contributed by atoms with Gasteiger partial charge in [-0.3, -0.25) is 0 Å². The Kier molecular flexibility index (Phi) is 3.77. The molecule has 0 fully saturated rings. The maximum Gasteiger partial charge on any atom is 0.171 e. The largest absolute Gasteiger partial charge is 0.363 e. The molecule has 0 amide bonds. The topological polar surface area (TPSA) is 37.8 Å². The van der Waals surface area contributed by atoms with Gasteiger partial charge < -0.3 is 5.32 Å². The van der Waals surface area contributed by atoms with E-state index in [4.69, 9.17) is 11.6 Å². The summed E-state index contributed by atoms with van der Waals surface area (Å²) in [6, 6.07) is 6.27. The number of aromatic nitrogens is 2. The van der Waals surface area contributed by atoms with Crippen LogP contribution in [0.2, 0.25) is 5.15 Å². The zero-order valence-electron chi connectivity index (χ0n) is 10.2. The molecule has 0 bridgehead atoms. The number of benzene rings is 1. The zero-order valence-corrected chi connectivity index (χ0v) is 10.9. The first-order valence-corrected chi connectivity index (χ1v) is 5.93.